The lowest BCUT2D eigenvalue weighted by Gasteiger charge is -2.34. The monoisotopic (exact) mass is 244 g/mol. The summed E-state index contributed by atoms with van der Waals surface area (Å²) >= 11 is 0. The van der Waals surface area contributed by atoms with Crippen molar-refractivity contribution in [3.63, 3.8) is 0 Å². The Labute approximate surface area is 106 Å². The molecule has 1 aliphatic heterocycles. The first kappa shape index (κ1) is 11.2. The smallest absolute Gasteiger partial charge is 0.143 e. The van der Waals surface area contributed by atoms with Gasteiger partial charge in [0.15, 0.2) is 0 Å². The van der Waals surface area contributed by atoms with Crippen molar-refractivity contribution in [2.45, 2.75) is 0 Å². The van der Waals surface area contributed by atoms with Gasteiger partial charge in [-0.15, -0.1) is 5.10 Å². The molecule has 0 aliphatic carbocycles. The lowest BCUT2D eigenvalue weighted by molar-refractivity contribution is 0.313. The topological polar surface area (TPSA) is 50.1 Å². The van der Waals surface area contributed by atoms with E-state index in [1.807, 2.05) is 12.1 Å². The quantitative estimate of drug-likeness (QED) is 0.766. The number of hydrogen-bond donors (Lipinski definition) is 0. The minimum Gasteiger partial charge on any atom is -0.367 e. The molecule has 1 saturated heterocycles. The number of piperazine rings is 1. The second kappa shape index (κ2) is 4.73. The van der Waals surface area contributed by atoms with Gasteiger partial charge in [0, 0.05) is 26.2 Å². The van der Waals surface area contributed by atoms with Crippen LogP contribution in [0.1, 0.15) is 0 Å². The van der Waals surface area contributed by atoms with E-state index in [1.54, 1.807) is 11.0 Å². The average Bonchev–Trinajstić information content (AvgIpc) is 2.93. The highest BCUT2D eigenvalue weighted by molar-refractivity contribution is 5.62. The van der Waals surface area contributed by atoms with Crippen molar-refractivity contribution in [2.75, 3.05) is 38.1 Å². The molecule has 1 aromatic carbocycles. The number of anilines is 1. The number of para-hydroxylation sites is 2. The Morgan fingerprint density at radius 3 is 2.39 bits per heavy atom. The van der Waals surface area contributed by atoms with Crippen LogP contribution in [0.15, 0.2) is 30.6 Å². The van der Waals surface area contributed by atoms with Crippen molar-refractivity contribution in [3.05, 3.63) is 30.6 Å². The van der Waals surface area contributed by atoms with Crippen LogP contribution in [0, 0.1) is 0 Å². The molecule has 0 atom stereocenters. The molecule has 0 N–H and O–H groups in total. The number of aromatic nitrogens is 4. The van der Waals surface area contributed by atoms with Crippen molar-refractivity contribution in [2.24, 2.45) is 0 Å². The number of benzene rings is 1. The fourth-order valence-corrected chi connectivity index (χ4v) is 2.24. The zero-order valence-corrected chi connectivity index (χ0v) is 10.4. The van der Waals surface area contributed by atoms with Gasteiger partial charge in [0.25, 0.3) is 0 Å². The molecular formula is C12H16N6. The first-order valence-corrected chi connectivity index (χ1v) is 6.10. The third kappa shape index (κ3) is 2.06. The first-order chi connectivity index (χ1) is 8.84. The van der Waals surface area contributed by atoms with Gasteiger partial charge in [0.2, 0.25) is 0 Å². The molecule has 6 nitrogen and oxygen atoms in total. The van der Waals surface area contributed by atoms with Gasteiger partial charge in [-0.1, -0.05) is 12.1 Å². The minimum atomic E-state index is 1.03. The molecule has 94 valence electrons. The van der Waals surface area contributed by atoms with Crippen molar-refractivity contribution in [3.8, 4) is 5.69 Å². The van der Waals surface area contributed by atoms with Crippen LogP contribution >= 0.6 is 0 Å². The Hall–Kier alpha value is -1.95. The SMILES string of the molecule is CN1CCN(c2ccccc2-n2cnnn2)CC1. The summed E-state index contributed by atoms with van der Waals surface area (Å²) in [5, 5.41) is 11.4. The molecule has 0 spiro atoms. The Kier molecular flexibility index (Phi) is 2.93. The van der Waals surface area contributed by atoms with Crippen molar-refractivity contribution in [1.82, 2.24) is 25.1 Å². The van der Waals surface area contributed by atoms with E-state index < -0.39 is 0 Å². The lowest BCUT2D eigenvalue weighted by atomic mass is 10.2. The van der Waals surface area contributed by atoms with E-state index in [0.29, 0.717) is 0 Å². The van der Waals surface area contributed by atoms with Crippen LogP contribution < -0.4 is 4.90 Å². The zero-order chi connectivity index (χ0) is 12.4. The Bertz CT molecular complexity index is 501. The third-order valence-electron chi connectivity index (χ3n) is 3.32. The Balaban J connectivity index is 1.92. The molecule has 1 fully saturated rings. The van der Waals surface area contributed by atoms with Crippen LogP contribution in [0.25, 0.3) is 5.69 Å². The normalized spacial score (nSPS) is 17.1. The molecule has 6 heteroatoms. The van der Waals surface area contributed by atoms with Crippen molar-refractivity contribution in [1.29, 1.82) is 0 Å². The fourth-order valence-electron chi connectivity index (χ4n) is 2.24. The standard InChI is InChI=1S/C12H16N6/c1-16-6-8-17(9-7-16)11-4-2-3-5-12(11)18-10-13-14-15-18/h2-5,10H,6-9H2,1H3. The minimum absolute atomic E-state index is 1.03. The summed E-state index contributed by atoms with van der Waals surface area (Å²) in [4.78, 5) is 4.73. The highest BCUT2D eigenvalue weighted by Crippen LogP contribution is 2.24. The maximum absolute atomic E-state index is 3.98. The number of rotatable bonds is 2. The predicted molar refractivity (Wildman–Crippen MR) is 68.9 cm³/mol. The summed E-state index contributed by atoms with van der Waals surface area (Å²) in [5.41, 5.74) is 2.23. The van der Waals surface area contributed by atoms with E-state index >= 15 is 0 Å². The van der Waals surface area contributed by atoms with Gasteiger partial charge in [-0.2, -0.15) is 4.68 Å². The average molecular weight is 244 g/mol. The molecule has 0 amide bonds. The van der Waals surface area contributed by atoms with Crippen LogP contribution in [0.5, 0.6) is 0 Å². The lowest BCUT2D eigenvalue weighted by Crippen LogP contribution is -2.44. The molecular weight excluding hydrogens is 228 g/mol. The summed E-state index contributed by atoms with van der Waals surface area (Å²) in [6.45, 7) is 4.25. The number of hydrogen-bond acceptors (Lipinski definition) is 5. The van der Waals surface area contributed by atoms with E-state index in [2.05, 4.69) is 44.5 Å². The van der Waals surface area contributed by atoms with Gasteiger partial charge in [-0.3, -0.25) is 0 Å². The maximum atomic E-state index is 3.98. The second-order valence-electron chi connectivity index (χ2n) is 4.53. The maximum Gasteiger partial charge on any atom is 0.143 e. The molecule has 0 bridgehead atoms. The Morgan fingerprint density at radius 2 is 1.72 bits per heavy atom. The van der Waals surface area contributed by atoms with Gasteiger partial charge in [0.1, 0.15) is 6.33 Å². The first-order valence-electron chi connectivity index (χ1n) is 6.10. The van der Waals surface area contributed by atoms with Gasteiger partial charge < -0.3 is 9.80 Å². The summed E-state index contributed by atoms with van der Waals surface area (Å²) in [6, 6.07) is 8.24. The third-order valence-corrected chi connectivity index (χ3v) is 3.32. The highest BCUT2D eigenvalue weighted by Gasteiger charge is 2.17. The highest BCUT2D eigenvalue weighted by atomic mass is 15.5. The zero-order valence-electron chi connectivity index (χ0n) is 10.4. The van der Waals surface area contributed by atoms with Crippen LogP contribution in [-0.2, 0) is 0 Å². The van der Waals surface area contributed by atoms with Crippen LogP contribution in [-0.4, -0.2) is 58.3 Å². The van der Waals surface area contributed by atoms with Gasteiger partial charge >= 0.3 is 0 Å². The van der Waals surface area contributed by atoms with Gasteiger partial charge in [-0.05, 0) is 29.6 Å². The molecule has 1 aliphatic rings. The number of likely N-dealkylation sites (N-methyl/N-ethyl adjacent to an activating group) is 1. The van der Waals surface area contributed by atoms with Crippen molar-refractivity contribution >= 4 is 5.69 Å². The van der Waals surface area contributed by atoms with E-state index in [-0.39, 0.29) is 0 Å². The molecule has 2 aromatic rings. The van der Waals surface area contributed by atoms with Gasteiger partial charge in [0.05, 0.1) is 11.4 Å². The summed E-state index contributed by atoms with van der Waals surface area (Å²) in [5.74, 6) is 0. The fraction of sp³-hybridized carbons (Fsp3) is 0.417. The molecule has 1 aromatic heterocycles. The van der Waals surface area contributed by atoms with E-state index in [4.69, 9.17) is 0 Å². The molecule has 0 unspecified atom stereocenters. The molecule has 0 radical (unpaired) electrons. The number of tetrazole rings is 1. The molecule has 18 heavy (non-hydrogen) atoms. The van der Waals surface area contributed by atoms with E-state index in [0.717, 1.165) is 31.9 Å². The summed E-state index contributed by atoms with van der Waals surface area (Å²) in [7, 11) is 2.16. The summed E-state index contributed by atoms with van der Waals surface area (Å²) < 4.78 is 1.72. The van der Waals surface area contributed by atoms with Gasteiger partial charge in [-0.25, -0.2) is 0 Å². The van der Waals surface area contributed by atoms with Crippen LogP contribution in [0.4, 0.5) is 5.69 Å². The largest absolute Gasteiger partial charge is 0.367 e. The Morgan fingerprint density at radius 1 is 1.00 bits per heavy atom. The molecule has 3 rings (SSSR count). The van der Waals surface area contributed by atoms with E-state index in [9.17, 15) is 0 Å². The predicted octanol–water partition coefficient (Wildman–Crippen LogP) is 0.414. The number of nitrogens with zero attached hydrogens (tertiary/aromatic N) is 6. The van der Waals surface area contributed by atoms with Crippen molar-refractivity contribution < 1.29 is 0 Å². The molecule has 2 heterocycles. The van der Waals surface area contributed by atoms with Crippen LogP contribution in [0.2, 0.25) is 0 Å². The van der Waals surface area contributed by atoms with E-state index in [1.165, 1.54) is 5.69 Å². The molecule has 0 saturated carbocycles. The van der Waals surface area contributed by atoms with Crippen LogP contribution in [0.3, 0.4) is 0 Å². The second-order valence-corrected chi connectivity index (χ2v) is 4.53. The summed E-state index contributed by atoms with van der Waals surface area (Å²) in [6.07, 6.45) is 1.63.